The predicted octanol–water partition coefficient (Wildman–Crippen LogP) is 5.55. The lowest BCUT2D eigenvalue weighted by molar-refractivity contribution is -0.134. The predicted molar refractivity (Wildman–Crippen MR) is 138 cm³/mol. The number of fused-ring (bicyclic) bond motifs is 2. The van der Waals surface area contributed by atoms with Crippen LogP contribution in [0.2, 0.25) is 0 Å². The molecule has 0 aromatic heterocycles. The van der Waals surface area contributed by atoms with E-state index >= 15 is 0 Å². The molecular weight excluding hydrogens is 520 g/mol. The lowest BCUT2D eigenvalue weighted by Gasteiger charge is -2.04. The minimum atomic E-state index is -0.963. The van der Waals surface area contributed by atoms with Crippen LogP contribution in [0.5, 0.6) is 11.5 Å². The van der Waals surface area contributed by atoms with Crippen molar-refractivity contribution in [2.75, 3.05) is 14.2 Å². The molecule has 0 aliphatic carbocycles. The van der Waals surface area contributed by atoms with Gasteiger partial charge in [0.05, 0.1) is 25.3 Å². The van der Waals surface area contributed by atoms with Crippen LogP contribution in [0.1, 0.15) is 27.6 Å². The molecule has 184 valence electrons. The van der Waals surface area contributed by atoms with Crippen LogP contribution in [-0.2, 0) is 9.53 Å². The molecule has 4 aromatic carbocycles. The molecule has 4 rings (SSSR count). The first-order valence-corrected chi connectivity index (χ1v) is 9.96. The summed E-state index contributed by atoms with van der Waals surface area (Å²) in [5, 5.41) is 29.0. The Balaban J connectivity index is 0.000000299. The maximum absolute atomic E-state index is 11.4. The van der Waals surface area contributed by atoms with E-state index in [-0.39, 0.29) is 34.3 Å². The topological polar surface area (TPSA) is 130 Å². The number of phenolic OH excluding ortho intramolecular Hbond substituents is 1. The van der Waals surface area contributed by atoms with E-state index in [1.54, 1.807) is 49.6 Å². The van der Waals surface area contributed by atoms with Crippen molar-refractivity contribution in [2.45, 2.75) is 6.92 Å². The Hall–Kier alpha value is -4.11. The number of aromatic hydroxyl groups is 1. The zero-order valence-electron chi connectivity index (χ0n) is 19.2. The van der Waals surface area contributed by atoms with Gasteiger partial charge in [0.2, 0.25) is 0 Å². The highest BCUT2D eigenvalue weighted by atomic mass is 79.9. The van der Waals surface area contributed by atoms with Gasteiger partial charge in [-0.05, 0) is 70.1 Å². The van der Waals surface area contributed by atoms with Crippen LogP contribution in [0.3, 0.4) is 0 Å². The Bertz CT molecular complexity index is 1330. The molecule has 0 fully saturated rings. The monoisotopic (exact) mass is 544 g/mol. The molecule has 0 aliphatic heterocycles. The maximum atomic E-state index is 11.4. The lowest BCUT2D eigenvalue weighted by Crippen LogP contribution is -2.00. The number of phenols is 1. The van der Waals surface area contributed by atoms with E-state index < -0.39 is 11.9 Å². The summed E-state index contributed by atoms with van der Waals surface area (Å²) in [6, 6.07) is 20.8. The molecule has 9 heteroatoms. The van der Waals surface area contributed by atoms with Gasteiger partial charge in [-0.3, -0.25) is 4.79 Å². The van der Waals surface area contributed by atoms with Crippen LogP contribution < -0.4 is 4.74 Å². The van der Waals surface area contributed by atoms with Crippen LogP contribution in [0.4, 0.5) is 0 Å². The number of halogens is 1. The van der Waals surface area contributed by atoms with Crippen molar-refractivity contribution >= 4 is 56.4 Å². The average Bonchev–Trinajstić information content (AvgIpc) is 2.82. The smallest absolute Gasteiger partial charge is 0.337 e. The molecule has 0 amide bonds. The summed E-state index contributed by atoms with van der Waals surface area (Å²) >= 11 is 0. The van der Waals surface area contributed by atoms with Crippen molar-refractivity contribution in [3.8, 4) is 11.5 Å². The molecule has 0 atom stereocenters. The van der Waals surface area contributed by atoms with Gasteiger partial charge in [0, 0.05) is 6.92 Å². The number of aliphatic carboxylic acids is 1. The molecule has 0 saturated heterocycles. The van der Waals surface area contributed by atoms with Crippen LogP contribution in [-0.4, -0.2) is 47.4 Å². The SMILES string of the molecule is Br.CC(=O)O.COC(=O)c1ccc2ccc(OC)cc2c1.O=C(O)c1ccc2ccc(O)cc2c1. The zero-order chi connectivity index (χ0) is 25.3. The summed E-state index contributed by atoms with van der Waals surface area (Å²) in [4.78, 5) is 31.0. The van der Waals surface area contributed by atoms with E-state index in [1.807, 2.05) is 24.3 Å². The Morgan fingerprint density at radius 3 is 1.71 bits per heavy atom. The largest absolute Gasteiger partial charge is 0.508 e. The molecule has 8 nitrogen and oxygen atoms in total. The number of carbonyl (C=O) groups is 3. The summed E-state index contributed by atoms with van der Waals surface area (Å²) in [7, 11) is 2.99. The van der Waals surface area contributed by atoms with E-state index in [1.165, 1.54) is 13.2 Å². The molecule has 0 spiro atoms. The number of benzene rings is 4. The molecule has 0 bridgehead atoms. The van der Waals surface area contributed by atoms with Gasteiger partial charge in [-0.25, -0.2) is 9.59 Å². The highest BCUT2D eigenvalue weighted by Crippen LogP contribution is 2.22. The molecule has 0 saturated carbocycles. The van der Waals surface area contributed by atoms with Gasteiger partial charge in [-0.1, -0.05) is 24.3 Å². The summed E-state index contributed by atoms with van der Waals surface area (Å²) < 4.78 is 9.80. The van der Waals surface area contributed by atoms with Crippen molar-refractivity contribution in [1.29, 1.82) is 0 Å². The normalized spacial score (nSPS) is 9.46. The minimum absolute atomic E-state index is 0. The highest BCUT2D eigenvalue weighted by Gasteiger charge is 2.06. The number of aromatic carboxylic acids is 1. The fraction of sp³-hybridized carbons (Fsp3) is 0.115. The summed E-state index contributed by atoms with van der Waals surface area (Å²) in [5.74, 6) is -1.21. The van der Waals surface area contributed by atoms with Crippen molar-refractivity contribution < 1.29 is 39.2 Å². The van der Waals surface area contributed by atoms with E-state index in [2.05, 4.69) is 4.74 Å². The average molecular weight is 545 g/mol. The molecular formula is C26H25BrO8. The van der Waals surface area contributed by atoms with Crippen molar-refractivity contribution in [3.63, 3.8) is 0 Å². The van der Waals surface area contributed by atoms with Crippen LogP contribution in [0.25, 0.3) is 21.5 Å². The third-order valence-corrected chi connectivity index (χ3v) is 4.54. The quantitative estimate of drug-likeness (QED) is 0.286. The standard InChI is InChI=1S/C13H12O3.C11H8O3.C2H4O2.BrH/c1-15-12-6-5-9-3-4-10(13(14)16-2)7-11(9)8-12;12-10-4-3-7-1-2-8(11(13)14)5-9(7)6-10;1-2(3)4;/h3-8H,1-2H3;1-6,12H,(H,13,14);1H3,(H,3,4);1H. The molecule has 0 heterocycles. The number of hydrogen-bond donors (Lipinski definition) is 3. The Morgan fingerprint density at radius 1 is 0.686 bits per heavy atom. The van der Waals surface area contributed by atoms with Gasteiger partial charge in [0.25, 0.3) is 5.97 Å². The van der Waals surface area contributed by atoms with Crippen LogP contribution >= 0.6 is 17.0 Å². The highest BCUT2D eigenvalue weighted by molar-refractivity contribution is 8.93. The number of carbonyl (C=O) groups excluding carboxylic acids is 1. The van der Waals surface area contributed by atoms with Crippen LogP contribution in [0.15, 0.2) is 72.8 Å². The second-order valence-electron chi connectivity index (χ2n) is 6.99. The fourth-order valence-corrected chi connectivity index (χ4v) is 2.96. The van der Waals surface area contributed by atoms with Gasteiger partial charge in [-0.15, -0.1) is 17.0 Å². The first-order valence-electron chi connectivity index (χ1n) is 9.96. The van der Waals surface area contributed by atoms with E-state index in [9.17, 15) is 14.7 Å². The van der Waals surface area contributed by atoms with Crippen LogP contribution in [0, 0.1) is 0 Å². The Morgan fingerprint density at radius 2 is 1.17 bits per heavy atom. The number of carboxylic acid groups (broad SMARTS) is 2. The van der Waals surface area contributed by atoms with E-state index in [4.69, 9.17) is 19.7 Å². The van der Waals surface area contributed by atoms with Gasteiger partial charge in [0.15, 0.2) is 0 Å². The number of esters is 1. The Labute approximate surface area is 212 Å². The number of ether oxygens (including phenoxy) is 2. The second-order valence-corrected chi connectivity index (χ2v) is 6.99. The van der Waals surface area contributed by atoms with Crippen molar-refractivity contribution in [3.05, 3.63) is 83.9 Å². The van der Waals surface area contributed by atoms with Gasteiger partial charge in [-0.2, -0.15) is 0 Å². The minimum Gasteiger partial charge on any atom is -0.508 e. The second kappa shape index (κ2) is 13.6. The molecule has 4 aromatic rings. The summed E-state index contributed by atoms with van der Waals surface area (Å²) in [5.41, 5.74) is 0.770. The maximum Gasteiger partial charge on any atom is 0.337 e. The fourth-order valence-electron chi connectivity index (χ4n) is 2.96. The number of rotatable bonds is 3. The number of carboxylic acids is 2. The third kappa shape index (κ3) is 8.63. The van der Waals surface area contributed by atoms with E-state index in [0.29, 0.717) is 5.56 Å². The molecule has 0 aliphatic rings. The third-order valence-electron chi connectivity index (χ3n) is 4.54. The Kier molecular flexibility index (Phi) is 11.2. The summed E-state index contributed by atoms with van der Waals surface area (Å²) in [6.45, 7) is 1.08. The van der Waals surface area contributed by atoms with Gasteiger partial charge < -0.3 is 24.8 Å². The summed E-state index contributed by atoms with van der Waals surface area (Å²) in [6.07, 6.45) is 0. The zero-order valence-corrected chi connectivity index (χ0v) is 20.9. The molecule has 3 N–H and O–H groups in total. The van der Waals surface area contributed by atoms with Gasteiger partial charge in [0.1, 0.15) is 11.5 Å². The first kappa shape index (κ1) is 28.9. The number of methoxy groups -OCH3 is 2. The molecule has 0 unspecified atom stereocenters. The molecule has 0 radical (unpaired) electrons. The van der Waals surface area contributed by atoms with E-state index in [0.717, 1.165) is 34.2 Å². The lowest BCUT2D eigenvalue weighted by atomic mass is 10.1. The molecule has 35 heavy (non-hydrogen) atoms. The van der Waals surface area contributed by atoms with Crippen molar-refractivity contribution in [2.24, 2.45) is 0 Å². The van der Waals surface area contributed by atoms with Crippen molar-refractivity contribution in [1.82, 2.24) is 0 Å². The number of hydrogen-bond acceptors (Lipinski definition) is 6. The van der Waals surface area contributed by atoms with Gasteiger partial charge >= 0.3 is 11.9 Å². The first-order chi connectivity index (χ1) is 16.1.